The molecule has 1 saturated heterocycles. The van der Waals surface area contributed by atoms with Gasteiger partial charge in [-0.15, -0.1) is 0 Å². The van der Waals surface area contributed by atoms with E-state index >= 15 is 0 Å². The molecule has 0 unspecified atom stereocenters. The minimum absolute atomic E-state index is 0.147. The van der Waals surface area contributed by atoms with E-state index in [-0.39, 0.29) is 6.61 Å². The number of sulfonamides is 1. The fourth-order valence-corrected chi connectivity index (χ4v) is 2.17. The summed E-state index contributed by atoms with van der Waals surface area (Å²) >= 11 is 0. The van der Waals surface area contributed by atoms with Crippen molar-refractivity contribution < 1.29 is 13.5 Å². The predicted octanol–water partition coefficient (Wildman–Crippen LogP) is -0.596. The Balaban J connectivity index is 2.19. The van der Waals surface area contributed by atoms with Crippen molar-refractivity contribution >= 4 is 10.0 Å². The molecule has 0 radical (unpaired) electrons. The first-order chi connectivity index (χ1) is 5.17. The highest BCUT2D eigenvalue weighted by Gasteiger charge is 2.31. The molecule has 1 aliphatic heterocycles. The maximum atomic E-state index is 10.9. The van der Waals surface area contributed by atoms with Gasteiger partial charge in [-0.3, -0.25) is 0 Å². The smallest absolute Gasteiger partial charge is 0.215 e. The number of rotatable bonds is 4. The Hall–Kier alpha value is -0.130. The van der Waals surface area contributed by atoms with E-state index in [0.717, 1.165) is 6.42 Å². The van der Waals surface area contributed by atoms with Gasteiger partial charge in [0.1, 0.15) is 0 Å². The summed E-state index contributed by atoms with van der Waals surface area (Å²) in [6.45, 7) is 1.38. The Kier molecular flexibility index (Phi) is 2.86. The Morgan fingerprint density at radius 3 is 2.45 bits per heavy atom. The molecule has 0 aliphatic carbocycles. The summed E-state index contributed by atoms with van der Waals surface area (Å²) < 4.78 is 23.2. The van der Waals surface area contributed by atoms with E-state index in [1.807, 2.05) is 0 Å². The molecule has 1 N–H and O–H groups in total. The van der Waals surface area contributed by atoms with Gasteiger partial charge in [0.15, 0.2) is 0 Å². The van der Waals surface area contributed by atoms with Crippen LogP contribution >= 0.6 is 0 Å². The van der Waals surface area contributed by atoms with E-state index in [1.54, 1.807) is 0 Å². The maximum Gasteiger partial charge on any atom is 0.215 e. The summed E-state index contributed by atoms with van der Waals surface area (Å²) in [7, 11) is -2.85. The molecule has 1 rings (SSSR count). The molecule has 11 heavy (non-hydrogen) atoms. The van der Waals surface area contributed by atoms with Crippen molar-refractivity contribution in [3.8, 4) is 0 Å². The summed E-state index contributed by atoms with van der Waals surface area (Å²) in [5, 5.41) is 8.43. The molecule has 5 heteroatoms. The molecule has 0 spiro atoms. The van der Waals surface area contributed by atoms with E-state index < -0.39 is 10.0 Å². The number of aliphatic hydroxyl groups excluding tert-OH is 1. The molecular formula is C6H13NO3S. The second-order valence-electron chi connectivity index (χ2n) is 2.65. The number of nitrogens with zero attached hydrogens (tertiary/aromatic N) is 1. The molecule has 66 valence electrons. The lowest BCUT2D eigenvalue weighted by Crippen LogP contribution is -2.47. The van der Waals surface area contributed by atoms with E-state index in [0.29, 0.717) is 25.3 Å². The number of unbranched alkanes of at least 4 members (excludes halogenated alkanes) is 1. The quantitative estimate of drug-likeness (QED) is 0.586. The van der Waals surface area contributed by atoms with Crippen LogP contribution in [0.3, 0.4) is 0 Å². The molecule has 1 fully saturated rings. The molecule has 0 aromatic carbocycles. The first-order valence-corrected chi connectivity index (χ1v) is 5.36. The van der Waals surface area contributed by atoms with Crippen LogP contribution in [0.4, 0.5) is 0 Å². The molecule has 0 bridgehead atoms. The Labute approximate surface area is 66.9 Å². The zero-order valence-electron chi connectivity index (χ0n) is 6.36. The Bertz CT molecular complexity index is 212. The highest BCUT2D eigenvalue weighted by molar-refractivity contribution is 7.90. The summed E-state index contributed by atoms with van der Waals surface area (Å²) in [5.41, 5.74) is 0. The van der Waals surface area contributed by atoms with Gasteiger partial charge >= 0.3 is 0 Å². The summed E-state index contributed by atoms with van der Waals surface area (Å²) in [6.07, 6.45) is 1.45. The summed E-state index contributed by atoms with van der Waals surface area (Å²) in [6, 6.07) is 0. The zero-order valence-corrected chi connectivity index (χ0v) is 7.18. The van der Waals surface area contributed by atoms with Crippen molar-refractivity contribution in [1.82, 2.24) is 4.31 Å². The highest BCUT2D eigenvalue weighted by atomic mass is 32.2. The summed E-state index contributed by atoms with van der Waals surface area (Å²) in [4.78, 5) is 0. The maximum absolute atomic E-state index is 10.9. The second kappa shape index (κ2) is 3.51. The molecule has 0 amide bonds. The van der Waals surface area contributed by atoms with Crippen molar-refractivity contribution in [2.45, 2.75) is 12.8 Å². The van der Waals surface area contributed by atoms with Gasteiger partial charge in [0.05, 0.1) is 5.75 Å². The lowest BCUT2D eigenvalue weighted by Gasteiger charge is -2.29. The molecule has 0 aromatic heterocycles. The fourth-order valence-electron chi connectivity index (χ4n) is 1.02. The summed E-state index contributed by atoms with van der Waals surface area (Å²) in [5.74, 6) is 0.298. The van der Waals surface area contributed by atoms with Gasteiger partial charge in [0.2, 0.25) is 10.0 Å². The van der Waals surface area contributed by atoms with Gasteiger partial charge < -0.3 is 5.11 Å². The predicted molar refractivity (Wildman–Crippen MR) is 41.7 cm³/mol. The van der Waals surface area contributed by atoms with Crippen molar-refractivity contribution in [3.05, 3.63) is 0 Å². The van der Waals surface area contributed by atoms with Gasteiger partial charge in [-0.1, -0.05) is 0 Å². The molecule has 4 nitrogen and oxygen atoms in total. The van der Waals surface area contributed by atoms with Gasteiger partial charge in [-0.25, -0.2) is 12.7 Å². The van der Waals surface area contributed by atoms with E-state index in [2.05, 4.69) is 0 Å². The molecule has 0 aromatic rings. The third-order valence-corrected chi connectivity index (χ3v) is 3.66. The molecule has 0 atom stereocenters. The monoisotopic (exact) mass is 179 g/mol. The average molecular weight is 179 g/mol. The largest absolute Gasteiger partial charge is 0.396 e. The third-order valence-electron chi connectivity index (χ3n) is 1.81. The first-order valence-electron chi connectivity index (χ1n) is 3.75. The number of aliphatic hydroxyl groups is 1. The minimum Gasteiger partial charge on any atom is -0.396 e. The van der Waals surface area contributed by atoms with Crippen LogP contribution in [0.15, 0.2) is 0 Å². The van der Waals surface area contributed by atoms with Crippen LogP contribution in [0, 0.1) is 0 Å². The first kappa shape index (κ1) is 8.96. The molecular weight excluding hydrogens is 166 g/mol. The highest BCUT2D eigenvalue weighted by Crippen LogP contribution is 2.13. The molecule has 1 heterocycles. The van der Waals surface area contributed by atoms with E-state index in [1.165, 1.54) is 4.31 Å². The lowest BCUT2D eigenvalue weighted by molar-refractivity contribution is 0.274. The van der Waals surface area contributed by atoms with Crippen LogP contribution in [0.25, 0.3) is 0 Å². The topological polar surface area (TPSA) is 57.6 Å². The van der Waals surface area contributed by atoms with Crippen LogP contribution < -0.4 is 0 Å². The zero-order chi connectivity index (χ0) is 8.32. The normalized spacial score (nSPS) is 23.0. The number of hydrogen-bond acceptors (Lipinski definition) is 3. The Morgan fingerprint density at radius 1 is 1.36 bits per heavy atom. The van der Waals surface area contributed by atoms with Crippen molar-refractivity contribution in [3.63, 3.8) is 0 Å². The lowest BCUT2D eigenvalue weighted by atomic mass is 10.3. The Morgan fingerprint density at radius 2 is 2.09 bits per heavy atom. The fraction of sp³-hybridized carbons (Fsp3) is 1.00. The standard InChI is InChI=1S/C6H13NO3S/c8-5-2-1-3-7-4-6-11(7,9)10/h8H,1-6H2. The van der Waals surface area contributed by atoms with Crippen LogP contribution in [-0.2, 0) is 10.0 Å². The van der Waals surface area contributed by atoms with Gasteiger partial charge in [0, 0.05) is 19.7 Å². The molecule has 1 aliphatic rings. The SMILES string of the molecule is O=S1(=O)CCN1CCCCO. The van der Waals surface area contributed by atoms with Crippen molar-refractivity contribution in [2.24, 2.45) is 0 Å². The van der Waals surface area contributed by atoms with Crippen LogP contribution in [-0.4, -0.2) is 43.3 Å². The van der Waals surface area contributed by atoms with Crippen LogP contribution in [0.2, 0.25) is 0 Å². The number of hydrogen-bond donors (Lipinski definition) is 1. The van der Waals surface area contributed by atoms with Crippen LogP contribution in [0.1, 0.15) is 12.8 Å². The van der Waals surface area contributed by atoms with Gasteiger partial charge in [0.25, 0.3) is 0 Å². The van der Waals surface area contributed by atoms with Crippen molar-refractivity contribution in [2.75, 3.05) is 25.4 Å². The third kappa shape index (κ3) is 2.15. The average Bonchev–Trinajstić information content (AvgIpc) is 1.96. The van der Waals surface area contributed by atoms with E-state index in [9.17, 15) is 8.42 Å². The minimum atomic E-state index is -2.85. The van der Waals surface area contributed by atoms with Crippen molar-refractivity contribution in [1.29, 1.82) is 0 Å². The van der Waals surface area contributed by atoms with Crippen LogP contribution in [0.5, 0.6) is 0 Å². The molecule has 0 saturated carbocycles. The van der Waals surface area contributed by atoms with Gasteiger partial charge in [-0.05, 0) is 12.8 Å². The second-order valence-corrected chi connectivity index (χ2v) is 4.73. The van der Waals surface area contributed by atoms with E-state index in [4.69, 9.17) is 5.11 Å². The van der Waals surface area contributed by atoms with Gasteiger partial charge in [-0.2, -0.15) is 0 Å².